The Morgan fingerprint density at radius 1 is 0.955 bits per heavy atom. The molecule has 0 aliphatic rings. The lowest BCUT2D eigenvalue weighted by Gasteiger charge is -2.10. The summed E-state index contributed by atoms with van der Waals surface area (Å²) in [5.74, 6) is 5.85. The lowest BCUT2D eigenvalue weighted by Crippen LogP contribution is -2.22. The van der Waals surface area contributed by atoms with Crippen molar-refractivity contribution in [2.45, 2.75) is 4.90 Å². The molecule has 0 saturated carbocycles. The number of nitrogens with zero attached hydrogens (tertiary/aromatic N) is 1. The Morgan fingerprint density at radius 3 is 2.18 bits per heavy atom. The fourth-order valence-corrected chi connectivity index (χ4v) is 2.68. The highest BCUT2D eigenvalue weighted by molar-refractivity contribution is 7.89. The molecule has 112 valence electrons. The quantitative estimate of drug-likeness (QED) is 0.644. The van der Waals surface area contributed by atoms with Gasteiger partial charge in [-0.05, 0) is 30.3 Å². The SMILES string of the molecule is CN(C)S(=O)(=O)c1ccc(C#Cc2ccccc2C=O)cc1. The van der Waals surface area contributed by atoms with E-state index in [1.54, 1.807) is 30.3 Å². The van der Waals surface area contributed by atoms with Crippen molar-refractivity contribution < 1.29 is 13.2 Å². The number of hydrogen-bond donors (Lipinski definition) is 0. The Hall–Kier alpha value is -2.42. The van der Waals surface area contributed by atoms with Crippen molar-refractivity contribution in [3.05, 3.63) is 65.2 Å². The van der Waals surface area contributed by atoms with Crippen LogP contribution in [0.2, 0.25) is 0 Å². The molecule has 2 aromatic carbocycles. The molecular weight excluding hydrogens is 298 g/mol. The van der Waals surface area contributed by atoms with Gasteiger partial charge in [-0.15, -0.1) is 0 Å². The van der Waals surface area contributed by atoms with Crippen molar-refractivity contribution in [3.63, 3.8) is 0 Å². The number of benzene rings is 2. The average Bonchev–Trinajstić information content (AvgIpc) is 2.53. The van der Waals surface area contributed by atoms with E-state index >= 15 is 0 Å². The summed E-state index contributed by atoms with van der Waals surface area (Å²) in [5.41, 5.74) is 1.85. The fourth-order valence-electron chi connectivity index (χ4n) is 1.77. The minimum absolute atomic E-state index is 0.219. The van der Waals surface area contributed by atoms with E-state index in [0.29, 0.717) is 16.7 Å². The van der Waals surface area contributed by atoms with Crippen LogP contribution >= 0.6 is 0 Å². The molecule has 0 heterocycles. The zero-order valence-electron chi connectivity index (χ0n) is 12.3. The Kier molecular flexibility index (Phi) is 4.76. The summed E-state index contributed by atoms with van der Waals surface area (Å²) in [6, 6.07) is 13.4. The molecule has 2 rings (SSSR count). The van der Waals surface area contributed by atoms with Crippen LogP contribution in [0.15, 0.2) is 53.4 Å². The second kappa shape index (κ2) is 6.56. The molecule has 22 heavy (non-hydrogen) atoms. The molecule has 4 nitrogen and oxygen atoms in total. The van der Waals surface area contributed by atoms with Crippen molar-refractivity contribution in [3.8, 4) is 11.8 Å². The van der Waals surface area contributed by atoms with E-state index in [0.717, 1.165) is 10.6 Å². The lowest BCUT2D eigenvalue weighted by atomic mass is 10.1. The van der Waals surface area contributed by atoms with Crippen LogP contribution in [0.3, 0.4) is 0 Å². The molecule has 0 N–H and O–H groups in total. The predicted molar refractivity (Wildman–Crippen MR) is 85.1 cm³/mol. The number of hydrogen-bond acceptors (Lipinski definition) is 3. The van der Waals surface area contributed by atoms with Crippen molar-refractivity contribution in [1.29, 1.82) is 0 Å². The standard InChI is InChI=1S/C17H15NO3S/c1-18(2)22(20,21)17-11-8-14(9-12-17)7-10-15-5-3-4-6-16(15)13-19/h3-6,8-9,11-13H,1-2H3. The summed E-state index contributed by atoms with van der Waals surface area (Å²) < 4.78 is 25.1. The molecule has 0 bridgehead atoms. The van der Waals surface area contributed by atoms with Crippen LogP contribution in [-0.4, -0.2) is 33.1 Å². The van der Waals surface area contributed by atoms with Crippen LogP contribution in [0, 0.1) is 11.8 Å². The normalized spacial score (nSPS) is 10.9. The van der Waals surface area contributed by atoms with E-state index in [-0.39, 0.29) is 4.90 Å². The molecule has 2 aromatic rings. The van der Waals surface area contributed by atoms with Gasteiger partial charge in [0.15, 0.2) is 6.29 Å². The molecule has 0 aromatic heterocycles. The number of carbonyl (C=O) groups excluding carboxylic acids is 1. The van der Waals surface area contributed by atoms with Gasteiger partial charge in [0, 0.05) is 30.8 Å². The van der Waals surface area contributed by atoms with Gasteiger partial charge in [0.2, 0.25) is 10.0 Å². The predicted octanol–water partition coefficient (Wildman–Crippen LogP) is 2.15. The van der Waals surface area contributed by atoms with E-state index in [1.807, 2.05) is 6.07 Å². The van der Waals surface area contributed by atoms with Crippen LogP contribution < -0.4 is 0 Å². The van der Waals surface area contributed by atoms with Crippen molar-refractivity contribution in [2.24, 2.45) is 0 Å². The van der Waals surface area contributed by atoms with E-state index < -0.39 is 10.0 Å². The largest absolute Gasteiger partial charge is 0.298 e. The second-order valence-electron chi connectivity index (χ2n) is 4.77. The molecule has 0 fully saturated rings. The Balaban J connectivity index is 2.31. The third kappa shape index (κ3) is 3.42. The lowest BCUT2D eigenvalue weighted by molar-refractivity contribution is 0.112. The highest BCUT2D eigenvalue weighted by atomic mass is 32.2. The number of aldehydes is 1. The van der Waals surface area contributed by atoms with Gasteiger partial charge in [-0.3, -0.25) is 4.79 Å². The van der Waals surface area contributed by atoms with Crippen LogP contribution in [0.25, 0.3) is 0 Å². The van der Waals surface area contributed by atoms with Crippen molar-refractivity contribution in [1.82, 2.24) is 4.31 Å². The van der Waals surface area contributed by atoms with Crippen LogP contribution in [0.5, 0.6) is 0 Å². The maximum Gasteiger partial charge on any atom is 0.242 e. The maximum atomic E-state index is 12.0. The molecule has 0 aliphatic heterocycles. The Labute approximate surface area is 130 Å². The smallest absolute Gasteiger partial charge is 0.242 e. The van der Waals surface area contributed by atoms with Gasteiger partial charge in [-0.25, -0.2) is 12.7 Å². The molecule has 0 unspecified atom stereocenters. The van der Waals surface area contributed by atoms with Gasteiger partial charge in [0.1, 0.15) is 0 Å². The highest BCUT2D eigenvalue weighted by Gasteiger charge is 2.16. The Bertz CT molecular complexity index is 841. The zero-order chi connectivity index (χ0) is 16.2. The minimum Gasteiger partial charge on any atom is -0.298 e. The first kappa shape index (κ1) is 16.0. The number of sulfonamides is 1. The molecule has 0 amide bonds. The summed E-state index contributed by atoms with van der Waals surface area (Å²) in [6.07, 6.45) is 0.761. The maximum absolute atomic E-state index is 12.0. The molecular formula is C17H15NO3S. The van der Waals surface area contributed by atoms with Crippen molar-refractivity contribution >= 4 is 16.3 Å². The molecule has 5 heteroatoms. The van der Waals surface area contributed by atoms with Gasteiger partial charge in [0.05, 0.1) is 4.90 Å². The van der Waals surface area contributed by atoms with E-state index in [4.69, 9.17) is 0 Å². The Morgan fingerprint density at radius 2 is 1.59 bits per heavy atom. The fraction of sp³-hybridized carbons (Fsp3) is 0.118. The molecule has 0 aliphatic carbocycles. The zero-order valence-corrected chi connectivity index (χ0v) is 13.1. The summed E-state index contributed by atoms with van der Waals surface area (Å²) >= 11 is 0. The molecule has 0 spiro atoms. The van der Waals surface area contributed by atoms with Gasteiger partial charge in [-0.1, -0.05) is 30.0 Å². The topological polar surface area (TPSA) is 54.5 Å². The first-order valence-electron chi connectivity index (χ1n) is 6.54. The van der Waals surface area contributed by atoms with Gasteiger partial charge in [0.25, 0.3) is 0 Å². The summed E-state index contributed by atoms with van der Waals surface area (Å²) in [4.78, 5) is 11.1. The van der Waals surface area contributed by atoms with Crippen LogP contribution in [0.1, 0.15) is 21.5 Å². The molecule has 0 saturated heterocycles. The monoisotopic (exact) mass is 313 g/mol. The van der Waals surface area contributed by atoms with Crippen LogP contribution in [0.4, 0.5) is 0 Å². The van der Waals surface area contributed by atoms with E-state index in [2.05, 4.69) is 11.8 Å². The number of rotatable bonds is 3. The van der Waals surface area contributed by atoms with Gasteiger partial charge < -0.3 is 0 Å². The van der Waals surface area contributed by atoms with Gasteiger partial charge in [-0.2, -0.15) is 0 Å². The summed E-state index contributed by atoms with van der Waals surface area (Å²) in [5, 5.41) is 0. The van der Waals surface area contributed by atoms with E-state index in [9.17, 15) is 13.2 Å². The van der Waals surface area contributed by atoms with E-state index in [1.165, 1.54) is 26.2 Å². The third-order valence-electron chi connectivity index (χ3n) is 3.06. The first-order valence-corrected chi connectivity index (χ1v) is 7.98. The van der Waals surface area contributed by atoms with Crippen molar-refractivity contribution in [2.75, 3.05) is 14.1 Å². The summed E-state index contributed by atoms with van der Waals surface area (Å²) in [6.45, 7) is 0. The highest BCUT2D eigenvalue weighted by Crippen LogP contribution is 2.13. The first-order chi connectivity index (χ1) is 10.4. The average molecular weight is 313 g/mol. The van der Waals surface area contributed by atoms with Gasteiger partial charge >= 0.3 is 0 Å². The number of carbonyl (C=O) groups is 1. The third-order valence-corrected chi connectivity index (χ3v) is 4.89. The second-order valence-corrected chi connectivity index (χ2v) is 6.92. The molecule has 0 radical (unpaired) electrons. The summed E-state index contributed by atoms with van der Waals surface area (Å²) in [7, 11) is -0.462. The minimum atomic E-state index is -3.43. The molecule has 0 atom stereocenters. The van der Waals surface area contributed by atoms with Crippen LogP contribution in [-0.2, 0) is 10.0 Å².